The van der Waals surface area contributed by atoms with Gasteiger partial charge in [-0.15, -0.1) is 10.2 Å². The first-order valence-electron chi connectivity index (χ1n) is 8.21. The number of hydrogen-bond donors (Lipinski definition) is 0. The van der Waals surface area contributed by atoms with Gasteiger partial charge in [0.15, 0.2) is 11.0 Å². The molecule has 4 rings (SSSR count). The molecule has 0 N–H and O–H groups in total. The first-order chi connectivity index (χ1) is 12.8. The molecule has 0 spiro atoms. The third-order valence-electron chi connectivity index (χ3n) is 3.81. The highest BCUT2D eigenvalue weighted by atomic mass is 32.2. The van der Waals surface area contributed by atoms with Gasteiger partial charge in [-0.2, -0.15) is 0 Å². The Bertz CT molecular complexity index is 982. The van der Waals surface area contributed by atoms with Gasteiger partial charge in [-0.05, 0) is 42.8 Å². The van der Waals surface area contributed by atoms with Crippen molar-refractivity contribution in [3.05, 3.63) is 78.1 Å². The molecule has 130 valence electrons. The highest BCUT2D eigenvalue weighted by Gasteiger charge is 2.17. The predicted octanol–water partition coefficient (Wildman–Crippen LogP) is 3.98. The van der Waals surface area contributed by atoms with Crippen LogP contribution >= 0.6 is 11.8 Å². The van der Waals surface area contributed by atoms with Gasteiger partial charge in [0.05, 0.1) is 6.54 Å². The fraction of sp³-hybridized carbons (Fsp3) is 0.158. The molecule has 0 fully saturated rings. The molecule has 0 saturated carbocycles. The van der Waals surface area contributed by atoms with Crippen LogP contribution in [0.1, 0.15) is 17.1 Å². The summed E-state index contributed by atoms with van der Waals surface area (Å²) >= 11 is 1.62. The Morgan fingerprint density at radius 1 is 1.04 bits per heavy atom. The number of nitrogens with zero attached hydrogens (tertiary/aromatic N) is 5. The van der Waals surface area contributed by atoms with Crippen LogP contribution in [0.25, 0.3) is 11.5 Å². The molecule has 0 unspecified atom stereocenters. The number of rotatable bonds is 6. The van der Waals surface area contributed by atoms with E-state index in [1.165, 1.54) is 0 Å². The third-order valence-corrected chi connectivity index (χ3v) is 4.85. The van der Waals surface area contributed by atoms with Crippen LogP contribution in [-0.4, -0.2) is 24.7 Å². The number of hydrogen-bond acceptors (Lipinski definition) is 6. The minimum absolute atomic E-state index is 0.558. The van der Waals surface area contributed by atoms with Gasteiger partial charge in [0, 0.05) is 24.3 Å². The topological polar surface area (TPSA) is 69.6 Å². The van der Waals surface area contributed by atoms with Crippen LogP contribution in [0.2, 0.25) is 0 Å². The van der Waals surface area contributed by atoms with E-state index in [0.29, 0.717) is 6.54 Å². The molecule has 0 aliphatic carbocycles. The van der Waals surface area contributed by atoms with Crippen molar-refractivity contribution in [3.8, 4) is 11.5 Å². The Labute approximate surface area is 155 Å². The lowest BCUT2D eigenvalue weighted by molar-refractivity contribution is 0.463. The molecule has 0 radical (unpaired) electrons. The second-order valence-electron chi connectivity index (χ2n) is 5.77. The molecule has 7 heteroatoms. The maximum Gasteiger partial charge on any atom is 0.192 e. The van der Waals surface area contributed by atoms with Crippen LogP contribution < -0.4 is 0 Å². The zero-order valence-corrected chi connectivity index (χ0v) is 15.1. The molecule has 0 aliphatic heterocycles. The van der Waals surface area contributed by atoms with Crippen molar-refractivity contribution >= 4 is 11.8 Å². The van der Waals surface area contributed by atoms with E-state index in [1.54, 1.807) is 24.2 Å². The molecule has 4 aromatic rings. The fourth-order valence-corrected chi connectivity index (χ4v) is 3.45. The molecule has 0 bridgehead atoms. The van der Waals surface area contributed by atoms with Crippen molar-refractivity contribution in [3.63, 3.8) is 0 Å². The second-order valence-corrected chi connectivity index (χ2v) is 6.71. The molecule has 4 aromatic heterocycles. The van der Waals surface area contributed by atoms with Crippen LogP contribution in [0.15, 0.2) is 70.6 Å². The van der Waals surface area contributed by atoms with Gasteiger partial charge < -0.3 is 4.42 Å². The van der Waals surface area contributed by atoms with Gasteiger partial charge >= 0.3 is 0 Å². The number of furan rings is 1. The van der Waals surface area contributed by atoms with E-state index in [9.17, 15) is 0 Å². The van der Waals surface area contributed by atoms with E-state index in [-0.39, 0.29) is 0 Å². The molecule has 0 atom stereocenters. The summed E-state index contributed by atoms with van der Waals surface area (Å²) in [5, 5.41) is 9.58. The Morgan fingerprint density at radius 3 is 2.73 bits per heavy atom. The smallest absolute Gasteiger partial charge is 0.192 e. The third kappa shape index (κ3) is 3.67. The monoisotopic (exact) mass is 363 g/mol. The standard InChI is InChI=1S/C19H17N5OS/c1-14-7-8-16(25-14)12-24-18(17-6-2-3-10-21-17)22-23-19(24)26-13-15-5-4-9-20-11-15/h2-11H,12-13H2,1H3. The van der Waals surface area contributed by atoms with E-state index in [0.717, 1.165) is 39.5 Å². The van der Waals surface area contributed by atoms with Crippen LogP contribution in [0.5, 0.6) is 0 Å². The Balaban J connectivity index is 1.65. The predicted molar refractivity (Wildman–Crippen MR) is 99.6 cm³/mol. The van der Waals surface area contributed by atoms with Gasteiger partial charge in [0.25, 0.3) is 0 Å². The molecule has 0 aliphatic rings. The Hall–Kier alpha value is -2.93. The molecule has 6 nitrogen and oxygen atoms in total. The average Bonchev–Trinajstić information content (AvgIpc) is 3.28. The largest absolute Gasteiger partial charge is 0.464 e. The van der Waals surface area contributed by atoms with Gasteiger partial charge in [-0.25, -0.2) is 0 Å². The molecule has 0 aromatic carbocycles. The van der Waals surface area contributed by atoms with Crippen molar-refractivity contribution in [1.29, 1.82) is 0 Å². The highest BCUT2D eigenvalue weighted by molar-refractivity contribution is 7.98. The van der Waals surface area contributed by atoms with E-state index < -0.39 is 0 Å². The first kappa shape index (κ1) is 16.5. The van der Waals surface area contributed by atoms with Crippen LogP contribution in [0, 0.1) is 6.92 Å². The second kappa shape index (κ2) is 7.53. The SMILES string of the molecule is Cc1ccc(Cn2c(SCc3cccnc3)nnc2-c2ccccn2)o1. The average molecular weight is 363 g/mol. The van der Waals surface area contributed by atoms with Gasteiger partial charge in [0.2, 0.25) is 0 Å². The molecule has 0 amide bonds. The Morgan fingerprint density at radius 2 is 2.00 bits per heavy atom. The van der Waals surface area contributed by atoms with E-state index in [4.69, 9.17) is 4.42 Å². The maximum absolute atomic E-state index is 5.75. The highest BCUT2D eigenvalue weighted by Crippen LogP contribution is 2.26. The summed E-state index contributed by atoms with van der Waals surface area (Å²) in [5.74, 6) is 3.25. The zero-order valence-electron chi connectivity index (χ0n) is 14.2. The van der Waals surface area contributed by atoms with E-state index in [2.05, 4.69) is 26.2 Å². The lowest BCUT2D eigenvalue weighted by Gasteiger charge is -2.08. The maximum atomic E-state index is 5.75. The zero-order chi connectivity index (χ0) is 17.8. The summed E-state index contributed by atoms with van der Waals surface area (Å²) in [6.07, 6.45) is 5.40. The number of aryl methyl sites for hydroxylation is 1. The van der Waals surface area contributed by atoms with Crippen molar-refractivity contribution in [2.24, 2.45) is 0 Å². The minimum atomic E-state index is 0.558. The molecule has 0 saturated heterocycles. The first-order valence-corrected chi connectivity index (χ1v) is 9.20. The number of aromatic nitrogens is 5. The number of thioether (sulfide) groups is 1. The van der Waals surface area contributed by atoms with Crippen molar-refractivity contribution in [2.45, 2.75) is 24.4 Å². The van der Waals surface area contributed by atoms with Crippen LogP contribution in [0.4, 0.5) is 0 Å². The summed E-state index contributed by atoms with van der Waals surface area (Å²) in [5.41, 5.74) is 1.93. The van der Waals surface area contributed by atoms with Gasteiger partial charge in [0.1, 0.15) is 17.2 Å². The van der Waals surface area contributed by atoms with Gasteiger partial charge in [-0.3, -0.25) is 14.5 Å². The fourth-order valence-electron chi connectivity index (χ4n) is 2.58. The summed E-state index contributed by atoms with van der Waals surface area (Å²) in [7, 11) is 0. The lowest BCUT2D eigenvalue weighted by atomic mass is 10.3. The summed E-state index contributed by atoms with van der Waals surface area (Å²) in [6, 6.07) is 13.7. The minimum Gasteiger partial charge on any atom is -0.464 e. The van der Waals surface area contributed by atoms with Crippen LogP contribution in [-0.2, 0) is 12.3 Å². The Kier molecular flexibility index (Phi) is 4.79. The van der Waals surface area contributed by atoms with E-state index in [1.807, 2.05) is 54.1 Å². The number of pyridine rings is 2. The quantitative estimate of drug-likeness (QED) is 0.483. The summed E-state index contributed by atoms with van der Waals surface area (Å²) in [6.45, 7) is 2.50. The lowest BCUT2D eigenvalue weighted by Crippen LogP contribution is -2.04. The summed E-state index contributed by atoms with van der Waals surface area (Å²) in [4.78, 5) is 8.58. The normalized spacial score (nSPS) is 11.0. The van der Waals surface area contributed by atoms with Crippen LogP contribution in [0.3, 0.4) is 0 Å². The van der Waals surface area contributed by atoms with Crippen molar-refractivity contribution < 1.29 is 4.42 Å². The van der Waals surface area contributed by atoms with E-state index >= 15 is 0 Å². The molecule has 4 heterocycles. The molecular weight excluding hydrogens is 346 g/mol. The molecular formula is C19H17N5OS. The summed E-state index contributed by atoms with van der Waals surface area (Å²) < 4.78 is 7.79. The van der Waals surface area contributed by atoms with Crippen molar-refractivity contribution in [2.75, 3.05) is 0 Å². The van der Waals surface area contributed by atoms with Gasteiger partial charge in [-0.1, -0.05) is 23.9 Å². The molecule has 26 heavy (non-hydrogen) atoms. The van der Waals surface area contributed by atoms with Crippen molar-refractivity contribution in [1.82, 2.24) is 24.7 Å².